The molecule has 3 atom stereocenters. The Kier molecular flexibility index (Phi) is 5.63. The molecule has 0 aromatic rings. The van der Waals surface area contributed by atoms with E-state index in [1.165, 1.54) is 0 Å². The molecule has 0 aromatic carbocycles. The predicted octanol–water partition coefficient (Wildman–Crippen LogP) is 2.32. The fourth-order valence-corrected chi connectivity index (χ4v) is 2.50. The lowest BCUT2D eigenvalue weighted by Gasteiger charge is -2.37. The molecular weight excluding hydrogens is 244 g/mol. The summed E-state index contributed by atoms with van der Waals surface area (Å²) in [6.07, 6.45) is 2.56. The van der Waals surface area contributed by atoms with Crippen LogP contribution in [0.3, 0.4) is 0 Å². The lowest BCUT2D eigenvalue weighted by atomic mass is 9.95. The number of aliphatic carboxylic acids is 1. The minimum absolute atomic E-state index is 0.185. The number of rotatable bonds is 4. The molecule has 19 heavy (non-hydrogen) atoms. The van der Waals surface area contributed by atoms with Gasteiger partial charge in [0.1, 0.15) is 6.04 Å². The number of urea groups is 1. The summed E-state index contributed by atoms with van der Waals surface area (Å²) in [7, 11) is 0. The maximum Gasteiger partial charge on any atom is 0.326 e. The summed E-state index contributed by atoms with van der Waals surface area (Å²) in [5, 5.41) is 11.8. The Morgan fingerprint density at radius 1 is 1.32 bits per heavy atom. The zero-order chi connectivity index (χ0) is 14.6. The van der Waals surface area contributed by atoms with Gasteiger partial charge in [-0.05, 0) is 38.0 Å². The molecule has 2 amide bonds. The summed E-state index contributed by atoms with van der Waals surface area (Å²) in [6.45, 7) is 8.75. The fourth-order valence-electron chi connectivity index (χ4n) is 2.50. The van der Waals surface area contributed by atoms with Crippen molar-refractivity contribution < 1.29 is 14.7 Å². The molecule has 0 saturated carbocycles. The van der Waals surface area contributed by atoms with Crippen LogP contribution in [0.15, 0.2) is 0 Å². The van der Waals surface area contributed by atoms with Crippen molar-refractivity contribution in [2.24, 2.45) is 11.8 Å². The third-order valence-electron chi connectivity index (χ3n) is 3.68. The van der Waals surface area contributed by atoms with E-state index in [1.54, 1.807) is 4.90 Å². The summed E-state index contributed by atoms with van der Waals surface area (Å²) in [5.41, 5.74) is 0. The van der Waals surface area contributed by atoms with E-state index in [1.807, 2.05) is 20.8 Å². The second-order valence-corrected chi connectivity index (χ2v) is 6.15. The number of likely N-dealkylation sites (tertiary alicyclic amines) is 1. The largest absolute Gasteiger partial charge is 0.480 e. The first-order valence-corrected chi connectivity index (χ1v) is 7.11. The van der Waals surface area contributed by atoms with E-state index in [2.05, 4.69) is 12.2 Å². The van der Waals surface area contributed by atoms with Gasteiger partial charge in [0.2, 0.25) is 0 Å². The average molecular weight is 270 g/mol. The maximum atomic E-state index is 12.2. The second-order valence-electron chi connectivity index (χ2n) is 6.15. The molecule has 5 nitrogen and oxygen atoms in total. The molecule has 2 unspecified atom stereocenters. The van der Waals surface area contributed by atoms with Gasteiger partial charge in [-0.15, -0.1) is 0 Å². The summed E-state index contributed by atoms with van der Waals surface area (Å²) in [6, 6.07) is -0.853. The molecule has 0 aromatic heterocycles. The van der Waals surface area contributed by atoms with Crippen LogP contribution in [0, 0.1) is 11.8 Å². The molecule has 0 radical (unpaired) electrons. The van der Waals surface area contributed by atoms with Crippen molar-refractivity contribution in [2.45, 2.75) is 59.0 Å². The maximum absolute atomic E-state index is 12.2. The molecular formula is C14H26N2O3. The average Bonchev–Trinajstić information content (AvgIpc) is 2.30. The van der Waals surface area contributed by atoms with E-state index in [0.717, 1.165) is 12.8 Å². The van der Waals surface area contributed by atoms with E-state index in [9.17, 15) is 9.59 Å². The zero-order valence-electron chi connectivity index (χ0n) is 12.3. The van der Waals surface area contributed by atoms with Crippen LogP contribution in [0.5, 0.6) is 0 Å². The van der Waals surface area contributed by atoms with Crippen molar-refractivity contribution in [1.82, 2.24) is 10.2 Å². The number of nitrogens with one attached hydrogen (secondary N) is 1. The van der Waals surface area contributed by atoms with E-state index in [4.69, 9.17) is 5.11 Å². The minimum Gasteiger partial charge on any atom is -0.480 e. The predicted molar refractivity (Wildman–Crippen MR) is 74.0 cm³/mol. The van der Waals surface area contributed by atoms with Crippen molar-refractivity contribution in [3.05, 3.63) is 0 Å². The molecule has 1 heterocycles. The van der Waals surface area contributed by atoms with Gasteiger partial charge in [-0.2, -0.15) is 0 Å². The lowest BCUT2D eigenvalue weighted by molar-refractivity contribution is -0.139. The van der Waals surface area contributed by atoms with E-state index in [0.29, 0.717) is 18.9 Å². The number of carboxylic acids is 1. The molecule has 1 rings (SSSR count). The first kappa shape index (κ1) is 15.8. The Hall–Kier alpha value is -1.26. The molecule has 2 N–H and O–H groups in total. The molecule has 110 valence electrons. The standard InChI is InChI=1S/C14H26N2O3/c1-9(2)7-12(13(17)18)15-14(19)16-8-10(3)5-6-11(16)4/h9-12H,5-8H2,1-4H3,(H,15,19)(H,17,18)/t10?,11?,12-/m1/s1. The quantitative estimate of drug-likeness (QED) is 0.823. The first-order valence-electron chi connectivity index (χ1n) is 7.11. The van der Waals surface area contributed by atoms with Crippen LogP contribution in [-0.4, -0.2) is 40.6 Å². The monoisotopic (exact) mass is 270 g/mol. The number of hydrogen-bond acceptors (Lipinski definition) is 2. The van der Waals surface area contributed by atoms with E-state index in [-0.39, 0.29) is 18.0 Å². The van der Waals surface area contributed by atoms with Gasteiger partial charge in [-0.3, -0.25) is 0 Å². The number of carbonyl (C=O) groups is 2. The Morgan fingerprint density at radius 2 is 1.95 bits per heavy atom. The van der Waals surface area contributed by atoms with Crippen LogP contribution in [0.25, 0.3) is 0 Å². The lowest BCUT2D eigenvalue weighted by Crippen LogP contribution is -2.53. The van der Waals surface area contributed by atoms with Crippen LogP contribution in [0.2, 0.25) is 0 Å². The van der Waals surface area contributed by atoms with Gasteiger partial charge >= 0.3 is 12.0 Å². The number of nitrogens with zero attached hydrogens (tertiary/aromatic N) is 1. The van der Waals surface area contributed by atoms with Crippen molar-refractivity contribution >= 4 is 12.0 Å². The van der Waals surface area contributed by atoms with Crippen LogP contribution in [0.1, 0.15) is 47.0 Å². The van der Waals surface area contributed by atoms with Crippen molar-refractivity contribution in [1.29, 1.82) is 0 Å². The molecule has 1 aliphatic rings. The third-order valence-corrected chi connectivity index (χ3v) is 3.68. The van der Waals surface area contributed by atoms with Gasteiger partial charge < -0.3 is 15.3 Å². The fraction of sp³-hybridized carbons (Fsp3) is 0.857. The van der Waals surface area contributed by atoms with Gasteiger partial charge in [0.25, 0.3) is 0 Å². The summed E-state index contributed by atoms with van der Waals surface area (Å²) >= 11 is 0. The molecule has 0 aliphatic carbocycles. The van der Waals surface area contributed by atoms with Crippen molar-refractivity contribution in [3.8, 4) is 0 Å². The summed E-state index contributed by atoms with van der Waals surface area (Å²) in [4.78, 5) is 25.1. The highest BCUT2D eigenvalue weighted by Gasteiger charge is 2.30. The Bertz CT molecular complexity index is 331. The van der Waals surface area contributed by atoms with Crippen LogP contribution in [-0.2, 0) is 4.79 Å². The zero-order valence-corrected chi connectivity index (χ0v) is 12.3. The minimum atomic E-state index is -0.959. The smallest absolute Gasteiger partial charge is 0.326 e. The summed E-state index contributed by atoms with van der Waals surface area (Å²) < 4.78 is 0. The first-order chi connectivity index (χ1) is 8.81. The highest BCUT2D eigenvalue weighted by atomic mass is 16.4. The SMILES string of the molecule is CC(C)C[C@@H](NC(=O)N1CC(C)CCC1C)C(=O)O. The number of carbonyl (C=O) groups excluding carboxylic acids is 1. The number of hydrogen-bond donors (Lipinski definition) is 2. The molecule has 0 bridgehead atoms. The number of amides is 2. The molecule has 1 fully saturated rings. The van der Waals surface area contributed by atoms with Gasteiger partial charge in [0, 0.05) is 12.6 Å². The Labute approximate surface area is 115 Å². The van der Waals surface area contributed by atoms with Crippen LogP contribution in [0.4, 0.5) is 4.79 Å². The van der Waals surface area contributed by atoms with Gasteiger partial charge in [-0.25, -0.2) is 9.59 Å². The Balaban J connectivity index is 2.62. The second kappa shape index (κ2) is 6.78. The van der Waals surface area contributed by atoms with Crippen LogP contribution < -0.4 is 5.32 Å². The number of piperidine rings is 1. The van der Waals surface area contributed by atoms with Gasteiger partial charge in [0.15, 0.2) is 0 Å². The van der Waals surface area contributed by atoms with Crippen molar-refractivity contribution in [2.75, 3.05) is 6.54 Å². The Morgan fingerprint density at radius 3 is 2.47 bits per heavy atom. The molecule has 0 spiro atoms. The third kappa shape index (κ3) is 4.73. The van der Waals surface area contributed by atoms with Crippen molar-refractivity contribution in [3.63, 3.8) is 0 Å². The summed E-state index contributed by atoms with van der Waals surface area (Å²) in [5.74, 6) is -0.241. The normalized spacial score (nSPS) is 25.2. The van der Waals surface area contributed by atoms with E-state index < -0.39 is 12.0 Å². The topological polar surface area (TPSA) is 69.6 Å². The highest BCUT2D eigenvalue weighted by molar-refractivity contribution is 5.82. The van der Waals surface area contributed by atoms with Gasteiger partial charge in [0.05, 0.1) is 0 Å². The molecule has 1 saturated heterocycles. The highest BCUT2D eigenvalue weighted by Crippen LogP contribution is 2.21. The van der Waals surface area contributed by atoms with Crippen LogP contribution >= 0.6 is 0 Å². The molecule has 5 heteroatoms. The number of carboxylic acid groups (broad SMARTS) is 1. The molecule has 1 aliphatic heterocycles. The van der Waals surface area contributed by atoms with E-state index >= 15 is 0 Å². The van der Waals surface area contributed by atoms with Gasteiger partial charge in [-0.1, -0.05) is 20.8 Å².